The Bertz CT molecular complexity index is 1140. The zero-order valence-electron chi connectivity index (χ0n) is 24.8. The van der Waals surface area contributed by atoms with Crippen LogP contribution in [0.3, 0.4) is 0 Å². The van der Waals surface area contributed by atoms with Crippen LogP contribution < -0.4 is 20.7 Å². The van der Waals surface area contributed by atoms with E-state index in [2.05, 4.69) is 47.1 Å². The predicted octanol–water partition coefficient (Wildman–Crippen LogP) is 2.38. The zero-order chi connectivity index (χ0) is 29.8. The van der Waals surface area contributed by atoms with Gasteiger partial charge in [-0.25, -0.2) is 0 Å². The standard InChI is InChI=1S/C25H38N4O5.C7H8/c1-4-16(2)22-25(33)29(3)20(15-30)24(32)28-14-21(31)26-12-6-9-17-7-5-8-18-10-11-19(13-27-22)34-23(17)18;1-7-5-3-2-4-6-7/h5,7-8,16,19-20,22,27,30H,4,6,9-15H2,1-3H3,(H,26,31)(H,28,32);2-6H,1H3. The lowest BCUT2D eigenvalue weighted by atomic mass is 9.95. The van der Waals surface area contributed by atoms with Crippen molar-refractivity contribution in [2.45, 2.75) is 71.1 Å². The second-order valence-corrected chi connectivity index (χ2v) is 10.9. The number of fused-ring (bicyclic) bond motifs is 1. The second kappa shape index (κ2) is 16.1. The molecule has 0 aliphatic carbocycles. The van der Waals surface area contributed by atoms with Crippen LogP contribution in [0.1, 0.15) is 49.8 Å². The van der Waals surface area contributed by atoms with Crippen molar-refractivity contribution in [2.24, 2.45) is 5.92 Å². The highest BCUT2D eigenvalue weighted by molar-refractivity contribution is 5.92. The van der Waals surface area contributed by atoms with Gasteiger partial charge in [-0.05, 0) is 49.7 Å². The fourth-order valence-corrected chi connectivity index (χ4v) is 5.04. The first kappa shape index (κ1) is 32.1. The molecule has 0 fully saturated rings. The summed E-state index contributed by atoms with van der Waals surface area (Å²) in [6, 6.07) is 14.9. The Labute approximate surface area is 244 Å². The molecule has 2 bridgehead atoms. The largest absolute Gasteiger partial charge is 0.489 e. The van der Waals surface area contributed by atoms with Crippen LogP contribution in [0.4, 0.5) is 0 Å². The van der Waals surface area contributed by atoms with Gasteiger partial charge in [-0.15, -0.1) is 0 Å². The number of hydrogen-bond acceptors (Lipinski definition) is 6. The summed E-state index contributed by atoms with van der Waals surface area (Å²) in [5.74, 6) is -0.212. The smallest absolute Gasteiger partial charge is 0.245 e. The van der Waals surface area contributed by atoms with E-state index in [-0.39, 0.29) is 30.4 Å². The summed E-state index contributed by atoms with van der Waals surface area (Å²) >= 11 is 0. The lowest BCUT2D eigenvalue weighted by Crippen LogP contribution is -2.57. The molecule has 224 valence electrons. The Kier molecular flexibility index (Phi) is 12.6. The quantitative estimate of drug-likeness (QED) is 0.453. The number of hydrogen-bond donors (Lipinski definition) is 4. The monoisotopic (exact) mass is 566 g/mol. The van der Waals surface area contributed by atoms with Gasteiger partial charge < -0.3 is 30.7 Å². The Morgan fingerprint density at radius 2 is 1.73 bits per heavy atom. The molecule has 2 heterocycles. The average Bonchev–Trinajstić information content (AvgIpc) is 2.98. The fourth-order valence-electron chi connectivity index (χ4n) is 5.04. The van der Waals surface area contributed by atoms with Crippen molar-refractivity contribution in [1.29, 1.82) is 0 Å². The molecular weight excluding hydrogens is 520 g/mol. The maximum Gasteiger partial charge on any atom is 0.245 e. The van der Waals surface area contributed by atoms with Gasteiger partial charge in [0.1, 0.15) is 17.9 Å². The van der Waals surface area contributed by atoms with E-state index in [0.717, 1.165) is 43.4 Å². The molecule has 0 radical (unpaired) electrons. The topological polar surface area (TPSA) is 120 Å². The number of carbonyl (C=O) groups excluding carboxylic acids is 3. The Balaban J connectivity index is 0.000000575. The molecule has 0 aromatic heterocycles. The molecule has 9 nitrogen and oxygen atoms in total. The van der Waals surface area contributed by atoms with E-state index in [1.54, 1.807) is 0 Å². The Hall–Kier alpha value is -3.43. The number of amides is 3. The predicted molar refractivity (Wildman–Crippen MR) is 160 cm³/mol. The third-order valence-corrected chi connectivity index (χ3v) is 7.84. The number of ether oxygens (including phenoxy) is 1. The maximum atomic E-state index is 13.4. The molecular formula is C32H46N4O5. The first-order valence-corrected chi connectivity index (χ1v) is 14.7. The van der Waals surface area contributed by atoms with E-state index in [9.17, 15) is 19.5 Å². The van der Waals surface area contributed by atoms with E-state index >= 15 is 0 Å². The van der Waals surface area contributed by atoms with Gasteiger partial charge in [0.25, 0.3) is 0 Å². The normalized spacial score (nSPS) is 23.0. The molecule has 2 aliphatic rings. The molecule has 0 saturated heterocycles. The van der Waals surface area contributed by atoms with E-state index in [4.69, 9.17) is 4.74 Å². The number of aliphatic hydroxyl groups is 1. The minimum absolute atomic E-state index is 0.0140. The number of aliphatic hydroxyl groups excluding tert-OH is 1. The van der Waals surface area contributed by atoms with E-state index < -0.39 is 24.6 Å². The van der Waals surface area contributed by atoms with Gasteiger partial charge in [0.2, 0.25) is 17.7 Å². The van der Waals surface area contributed by atoms with E-state index in [1.165, 1.54) is 23.1 Å². The number of aryl methyl sites for hydroxylation is 3. The molecule has 2 aromatic rings. The minimum Gasteiger partial charge on any atom is -0.489 e. The van der Waals surface area contributed by atoms with Crippen molar-refractivity contribution < 1.29 is 24.2 Å². The number of nitrogens with one attached hydrogen (secondary N) is 3. The Morgan fingerprint density at radius 1 is 1.02 bits per heavy atom. The number of likely N-dealkylation sites (N-methyl/N-ethyl adjacent to an activating group) is 1. The van der Waals surface area contributed by atoms with Crippen LogP contribution in [0.5, 0.6) is 5.75 Å². The second-order valence-electron chi connectivity index (χ2n) is 10.9. The van der Waals surface area contributed by atoms with Gasteiger partial charge >= 0.3 is 0 Å². The van der Waals surface area contributed by atoms with Crippen molar-refractivity contribution in [3.63, 3.8) is 0 Å². The molecule has 4 N–H and O–H groups in total. The molecule has 2 aromatic carbocycles. The number of para-hydroxylation sites is 1. The summed E-state index contributed by atoms with van der Waals surface area (Å²) in [6.45, 7) is 6.32. The van der Waals surface area contributed by atoms with Gasteiger partial charge in [0, 0.05) is 20.1 Å². The highest BCUT2D eigenvalue weighted by atomic mass is 16.5. The van der Waals surface area contributed by atoms with Gasteiger partial charge in [-0.3, -0.25) is 14.4 Å². The van der Waals surface area contributed by atoms with Crippen LogP contribution in [-0.2, 0) is 27.2 Å². The summed E-state index contributed by atoms with van der Waals surface area (Å²) in [6.07, 6.45) is 3.95. The first-order chi connectivity index (χ1) is 19.7. The third kappa shape index (κ3) is 9.30. The van der Waals surface area contributed by atoms with Crippen molar-refractivity contribution in [2.75, 3.05) is 33.3 Å². The highest BCUT2D eigenvalue weighted by Gasteiger charge is 2.34. The lowest BCUT2D eigenvalue weighted by Gasteiger charge is -2.34. The average molecular weight is 567 g/mol. The molecule has 4 unspecified atom stereocenters. The molecule has 0 saturated carbocycles. The van der Waals surface area contributed by atoms with Gasteiger partial charge in [-0.2, -0.15) is 0 Å². The van der Waals surface area contributed by atoms with Gasteiger partial charge in [0.05, 0.1) is 19.2 Å². The van der Waals surface area contributed by atoms with Gasteiger partial charge in [-0.1, -0.05) is 74.4 Å². The number of carbonyl (C=O) groups is 3. The van der Waals surface area contributed by atoms with Crippen molar-refractivity contribution >= 4 is 17.7 Å². The molecule has 41 heavy (non-hydrogen) atoms. The van der Waals surface area contributed by atoms with Crippen LogP contribution in [0.25, 0.3) is 0 Å². The summed E-state index contributed by atoms with van der Waals surface area (Å²) in [7, 11) is 1.51. The van der Waals surface area contributed by atoms with Crippen LogP contribution in [-0.4, -0.2) is 79.2 Å². The Morgan fingerprint density at radius 3 is 2.37 bits per heavy atom. The zero-order valence-corrected chi connectivity index (χ0v) is 24.8. The molecule has 3 amide bonds. The van der Waals surface area contributed by atoms with Gasteiger partial charge in [0.15, 0.2) is 0 Å². The van der Waals surface area contributed by atoms with Crippen LogP contribution >= 0.6 is 0 Å². The SMILES string of the molecule is CCC(C)C1NCC2CCc3cccc(c3O2)CCCNC(=O)CNC(=O)C(CO)N(C)C1=O.Cc1ccccc1. The maximum absolute atomic E-state index is 13.4. The van der Waals surface area contributed by atoms with Crippen LogP contribution in [0, 0.1) is 12.8 Å². The highest BCUT2D eigenvalue weighted by Crippen LogP contribution is 2.32. The van der Waals surface area contributed by atoms with E-state index in [0.29, 0.717) is 13.1 Å². The summed E-state index contributed by atoms with van der Waals surface area (Å²) in [5.41, 5.74) is 3.63. The van der Waals surface area contributed by atoms with Crippen molar-refractivity contribution in [3.05, 3.63) is 65.2 Å². The lowest BCUT2D eigenvalue weighted by molar-refractivity contribution is -0.143. The summed E-state index contributed by atoms with van der Waals surface area (Å²) in [5, 5.41) is 18.6. The third-order valence-electron chi connectivity index (χ3n) is 7.84. The number of nitrogens with zero attached hydrogens (tertiary/aromatic N) is 1. The van der Waals surface area contributed by atoms with Crippen LogP contribution in [0.2, 0.25) is 0 Å². The molecule has 4 atom stereocenters. The molecule has 0 spiro atoms. The number of rotatable bonds is 3. The summed E-state index contributed by atoms with van der Waals surface area (Å²) in [4.78, 5) is 39.5. The number of benzene rings is 2. The van der Waals surface area contributed by atoms with Crippen molar-refractivity contribution in [3.8, 4) is 5.75 Å². The summed E-state index contributed by atoms with van der Waals surface area (Å²) < 4.78 is 6.38. The van der Waals surface area contributed by atoms with Crippen LogP contribution in [0.15, 0.2) is 48.5 Å². The van der Waals surface area contributed by atoms with Crippen molar-refractivity contribution in [1.82, 2.24) is 20.9 Å². The minimum atomic E-state index is -1.08. The molecule has 9 heteroatoms. The molecule has 2 aliphatic heterocycles. The first-order valence-electron chi connectivity index (χ1n) is 14.7. The fraction of sp³-hybridized carbons (Fsp3) is 0.531. The van der Waals surface area contributed by atoms with E-state index in [1.807, 2.05) is 38.1 Å². The molecule has 4 rings (SSSR count).